The van der Waals surface area contributed by atoms with Crippen molar-refractivity contribution in [3.63, 3.8) is 0 Å². The fourth-order valence-electron chi connectivity index (χ4n) is 4.69. The van der Waals surface area contributed by atoms with Gasteiger partial charge in [-0.2, -0.15) is 0 Å². The van der Waals surface area contributed by atoms with Crippen LogP contribution < -0.4 is 0 Å². The average molecular weight is 387 g/mol. The maximum Gasteiger partial charge on any atom is 0.254 e. The number of β-amino-alcohol motifs (C(OH)–C–C–N with tert-alkyl or cyclic N) is 1. The van der Waals surface area contributed by atoms with Gasteiger partial charge in [-0.3, -0.25) is 14.5 Å². The van der Waals surface area contributed by atoms with Crippen LogP contribution in [0.15, 0.2) is 24.3 Å². The van der Waals surface area contributed by atoms with Crippen LogP contribution >= 0.6 is 0 Å². The molecular formula is C21H29N3O4. The van der Waals surface area contributed by atoms with Crippen LogP contribution in [-0.2, 0) is 16.1 Å². The molecular weight excluding hydrogens is 358 g/mol. The molecule has 3 heterocycles. The number of carbonyl (C=O) groups is 2. The quantitative estimate of drug-likeness (QED) is 0.806. The van der Waals surface area contributed by atoms with Gasteiger partial charge in [-0.15, -0.1) is 0 Å². The number of aliphatic hydroxyl groups excluding tert-OH is 1. The highest BCUT2D eigenvalue weighted by Gasteiger charge is 2.46. The van der Waals surface area contributed by atoms with Gasteiger partial charge in [0, 0.05) is 58.0 Å². The minimum absolute atomic E-state index is 0.0399. The van der Waals surface area contributed by atoms with Crippen molar-refractivity contribution in [2.24, 2.45) is 0 Å². The highest BCUT2D eigenvalue weighted by molar-refractivity contribution is 5.99. The molecule has 7 heteroatoms. The average Bonchev–Trinajstić information content (AvgIpc) is 3.07. The van der Waals surface area contributed by atoms with Gasteiger partial charge in [0.1, 0.15) is 0 Å². The van der Waals surface area contributed by atoms with E-state index in [4.69, 9.17) is 9.84 Å². The molecule has 0 unspecified atom stereocenters. The number of rotatable bonds is 5. The van der Waals surface area contributed by atoms with Gasteiger partial charge in [0.15, 0.2) is 0 Å². The van der Waals surface area contributed by atoms with E-state index in [1.807, 2.05) is 34.1 Å². The molecule has 1 N–H and O–H groups in total. The van der Waals surface area contributed by atoms with E-state index >= 15 is 0 Å². The Morgan fingerprint density at radius 1 is 1.11 bits per heavy atom. The first-order valence-corrected chi connectivity index (χ1v) is 10.2. The van der Waals surface area contributed by atoms with Crippen molar-refractivity contribution in [1.29, 1.82) is 0 Å². The second kappa shape index (κ2) is 8.19. The molecule has 7 nitrogen and oxygen atoms in total. The Balaban J connectivity index is 1.48. The normalized spacial score (nSPS) is 22.4. The second-order valence-corrected chi connectivity index (χ2v) is 8.01. The molecule has 0 atom stereocenters. The number of nitrogens with zero attached hydrogens (tertiary/aromatic N) is 3. The van der Waals surface area contributed by atoms with E-state index in [-0.39, 0.29) is 18.4 Å². The number of hydrogen-bond acceptors (Lipinski definition) is 5. The van der Waals surface area contributed by atoms with E-state index in [0.717, 1.165) is 24.2 Å². The molecule has 2 saturated heterocycles. The Kier molecular flexibility index (Phi) is 5.66. The maximum atomic E-state index is 13.2. The molecule has 28 heavy (non-hydrogen) atoms. The SMILES string of the molecule is O=C(CC1(N2Cc3ccccc3C2=O)CCOCC1)N1CCN(CCO)CC1. The first-order valence-electron chi connectivity index (χ1n) is 10.2. The van der Waals surface area contributed by atoms with Gasteiger partial charge in [0.25, 0.3) is 5.91 Å². The molecule has 0 radical (unpaired) electrons. The fraction of sp³-hybridized carbons (Fsp3) is 0.619. The number of hydrogen-bond donors (Lipinski definition) is 1. The number of benzene rings is 1. The van der Waals surface area contributed by atoms with Gasteiger partial charge in [-0.05, 0) is 24.5 Å². The van der Waals surface area contributed by atoms with Crippen LogP contribution in [0.3, 0.4) is 0 Å². The number of amides is 2. The zero-order chi connectivity index (χ0) is 19.6. The van der Waals surface area contributed by atoms with Gasteiger partial charge in [-0.1, -0.05) is 18.2 Å². The van der Waals surface area contributed by atoms with Crippen molar-refractivity contribution in [3.05, 3.63) is 35.4 Å². The Morgan fingerprint density at radius 2 is 1.82 bits per heavy atom. The third-order valence-corrected chi connectivity index (χ3v) is 6.44. The van der Waals surface area contributed by atoms with Crippen LogP contribution in [0.4, 0.5) is 0 Å². The van der Waals surface area contributed by atoms with Crippen molar-refractivity contribution in [2.75, 3.05) is 52.5 Å². The summed E-state index contributed by atoms with van der Waals surface area (Å²) >= 11 is 0. The Morgan fingerprint density at radius 3 is 2.50 bits per heavy atom. The fourth-order valence-corrected chi connectivity index (χ4v) is 4.69. The third-order valence-electron chi connectivity index (χ3n) is 6.44. The summed E-state index contributed by atoms with van der Waals surface area (Å²) in [6, 6.07) is 7.74. The summed E-state index contributed by atoms with van der Waals surface area (Å²) < 4.78 is 5.57. The van der Waals surface area contributed by atoms with Crippen LogP contribution in [0.1, 0.15) is 35.2 Å². The van der Waals surface area contributed by atoms with Gasteiger partial charge in [-0.25, -0.2) is 0 Å². The molecule has 2 fully saturated rings. The standard InChI is InChI=1S/C21H29N3O4/c25-12-11-22-7-9-23(10-8-22)19(26)15-21(5-13-28-14-6-21)24-16-17-3-1-2-4-18(17)20(24)27/h1-4,25H,5-16H2. The molecule has 4 rings (SSSR count). The molecule has 0 aromatic heterocycles. The zero-order valence-corrected chi connectivity index (χ0v) is 16.3. The molecule has 0 aliphatic carbocycles. The third kappa shape index (κ3) is 3.66. The number of piperazine rings is 1. The molecule has 0 spiro atoms. The second-order valence-electron chi connectivity index (χ2n) is 8.01. The highest BCUT2D eigenvalue weighted by Crippen LogP contribution is 2.38. The first kappa shape index (κ1) is 19.4. The Labute approximate surface area is 165 Å². The van der Waals surface area contributed by atoms with E-state index in [2.05, 4.69) is 4.90 Å². The van der Waals surface area contributed by atoms with Gasteiger partial charge in [0.2, 0.25) is 5.91 Å². The number of aliphatic hydroxyl groups is 1. The molecule has 2 amide bonds. The van der Waals surface area contributed by atoms with Gasteiger partial charge in [0.05, 0.1) is 18.6 Å². The Bertz CT molecular complexity index is 724. The summed E-state index contributed by atoms with van der Waals surface area (Å²) in [6.45, 7) is 5.48. The molecule has 152 valence electrons. The van der Waals surface area contributed by atoms with E-state index in [1.54, 1.807) is 0 Å². The summed E-state index contributed by atoms with van der Waals surface area (Å²) in [5.41, 5.74) is 1.34. The van der Waals surface area contributed by atoms with E-state index in [9.17, 15) is 9.59 Å². The molecule has 3 aliphatic rings. The maximum absolute atomic E-state index is 13.2. The Hall–Kier alpha value is -1.96. The largest absolute Gasteiger partial charge is 0.395 e. The van der Waals surface area contributed by atoms with E-state index in [0.29, 0.717) is 58.7 Å². The lowest BCUT2D eigenvalue weighted by atomic mass is 9.84. The monoisotopic (exact) mass is 387 g/mol. The van der Waals surface area contributed by atoms with E-state index in [1.165, 1.54) is 0 Å². The van der Waals surface area contributed by atoms with Crippen LogP contribution in [-0.4, -0.2) is 89.7 Å². The summed E-state index contributed by atoms with van der Waals surface area (Å²) in [5, 5.41) is 9.09. The lowest BCUT2D eigenvalue weighted by Gasteiger charge is -2.45. The minimum atomic E-state index is -0.465. The van der Waals surface area contributed by atoms with Crippen molar-refractivity contribution in [1.82, 2.24) is 14.7 Å². The van der Waals surface area contributed by atoms with Crippen LogP contribution in [0.5, 0.6) is 0 Å². The lowest BCUT2D eigenvalue weighted by Crippen LogP contribution is -2.56. The van der Waals surface area contributed by atoms with Crippen molar-refractivity contribution < 1.29 is 19.4 Å². The van der Waals surface area contributed by atoms with Crippen molar-refractivity contribution in [3.8, 4) is 0 Å². The van der Waals surface area contributed by atoms with Gasteiger partial charge < -0.3 is 19.6 Å². The summed E-state index contributed by atoms with van der Waals surface area (Å²) in [6.07, 6.45) is 1.75. The number of carbonyl (C=O) groups excluding carboxylic acids is 2. The lowest BCUT2D eigenvalue weighted by molar-refractivity contribution is -0.137. The molecule has 3 aliphatic heterocycles. The summed E-state index contributed by atoms with van der Waals surface area (Å²) in [7, 11) is 0. The van der Waals surface area contributed by atoms with Crippen LogP contribution in [0.25, 0.3) is 0 Å². The smallest absolute Gasteiger partial charge is 0.254 e. The summed E-state index contributed by atoms with van der Waals surface area (Å²) in [5.74, 6) is 0.160. The highest BCUT2D eigenvalue weighted by atomic mass is 16.5. The van der Waals surface area contributed by atoms with E-state index < -0.39 is 5.54 Å². The molecule has 0 saturated carbocycles. The molecule has 1 aromatic rings. The van der Waals surface area contributed by atoms with Crippen molar-refractivity contribution >= 4 is 11.8 Å². The van der Waals surface area contributed by atoms with Crippen LogP contribution in [0, 0.1) is 0 Å². The molecule has 1 aromatic carbocycles. The predicted molar refractivity (Wildman–Crippen MR) is 104 cm³/mol. The minimum Gasteiger partial charge on any atom is -0.395 e. The molecule has 0 bridgehead atoms. The topological polar surface area (TPSA) is 73.3 Å². The van der Waals surface area contributed by atoms with Crippen LogP contribution in [0.2, 0.25) is 0 Å². The summed E-state index contributed by atoms with van der Waals surface area (Å²) in [4.78, 5) is 32.3. The zero-order valence-electron chi connectivity index (χ0n) is 16.3. The van der Waals surface area contributed by atoms with Gasteiger partial charge >= 0.3 is 0 Å². The predicted octanol–water partition coefficient (Wildman–Crippen LogP) is 0.718. The van der Waals surface area contributed by atoms with Crippen molar-refractivity contribution in [2.45, 2.75) is 31.3 Å². The number of fused-ring (bicyclic) bond motifs is 1. The first-order chi connectivity index (χ1) is 13.6. The number of ether oxygens (including phenoxy) is 1.